The second-order valence-corrected chi connectivity index (χ2v) is 7.03. The van der Waals surface area contributed by atoms with Crippen molar-refractivity contribution in [3.63, 3.8) is 0 Å². The molecule has 0 radical (unpaired) electrons. The molecular weight excluding hydrogens is 366 g/mol. The Kier molecular flexibility index (Phi) is 5.20. The lowest BCUT2D eigenvalue weighted by atomic mass is 10.1. The summed E-state index contributed by atoms with van der Waals surface area (Å²) < 4.78 is 13.3. The molecule has 3 heterocycles. The van der Waals surface area contributed by atoms with E-state index in [1.807, 2.05) is 28.9 Å². The van der Waals surface area contributed by atoms with Crippen LogP contribution < -0.4 is 14.8 Å². The molecule has 1 aliphatic heterocycles. The van der Waals surface area contributed by atoms with Gasteiger partial charge in [0.15, 0.2) is 0 Å². The largest absolute Gasteiger partial charge is 0.495 e. The summed E-state index contributed by atoms with van der Waals surface area (Å²) in [5.41, 5.74) is 3.02. The zero-order valence-electron chi connectivity index (χ0n) is 15.1. The molecular formula is C20H22ClN3O3. The van der Waals surface area contributed by atoms with Crippen LogP contribution in [0.4, 0.5) is 0 Å². The number of piperidine rings is 1. The third-order valence-electron chi connectivity index (χ3n) is 4.84. The highest BCUT2D eigenvalue weighted by atomic mass is 35.5. The molecule has 0 amide bonds. The summed E-state index contributed by atoms with van der Waals surface area (Å²) in [7, 11) is 1.55. The van der Waals surface area contributed by atoms with Gasteiger partial charge in [-0.3, -0.25) is 0 Å². The average molecular weight is 388 g/mol. The number of nitrogens with one attached hydrogen (secondary N) is 1. The molecule has 0 unspecified atom stereocenters. The summed E-state index contributed by atoms with van der Waals surface area (Å²) in [5, 5.41) is 13.6. The van der Waals surface area contributed by atoms with Gasteiger partial charge in [0.25, 0.3) is 0 Å². The number of ether oxygens (including phenoxy) is 2. The molecule has 27 heavy (non-hydrogen) atoms. The fraction of sp³-hybridized carbons (Fsp3) is 0.350. The fourth-order valence-electron chi connectivity index (χ4n) is 3.39. The van der Waals surface area contributed by atoms with Crippen molar-refractivity contribution < 1.29 is 14.6 Å². The maximum Gasteiger partial charge on any atom is 0.141 e. The van der Waals surface area contributed by atoms with Crippen LogP contribution in [0.1, 0.15) is 18.4 Å². The van der Waals surface area contributed by atoms with Crippen LogP contribution in [0.25, 0.3) is 16.9 Å². The molecule has 1 aliphatic rings. The molecule has 0 atom stereocenters. The molecule has 0 aliphatic carbocycles. The second-order valence-electron chi connectivity index (χ2n) is 6.62. The maximum atomic E-state index is 9.73. The number of halogens is 1. The molecule has 1 fully saturated rings. The Morgan fingerprint density at radius 2 is 2.11 bits per heavy atom. The van der Waals surface area contributed by atoms with Gasteiger partial charge in [0.1, 0.15) is 23.3 Å². The number of benzene rings is 1. The van der Waals surface area contributed by atoms with Crippen molar-refractivity contribution in [3.05, 3.63) is 47.2 Å². The number of fused-ring (bicyclic) bond motifs is 1. The molecule has 7 heteroatoms. The number of imidazole rings is 1. The smallest absolute Gasteiger partial charge is 0.141 e. The van der Waals surface area contributed by atoms with Gasteiger partial charge in [-0.15, -0.1) is 0 Å². The Balaban J connectivity index is 1.66. The molecule has 0 spiro atoms. The van der Waals surface area contributed by atoms with Crippen molar-refractivity contribution in [2.45, 2.75) is 25.6 Å². The molecule has 0 bridgehead atoms. The second kappa shape index (κ2) is 7.76. The predicted octanol–water partition coefficient (Wildman–Crippen LogP) is 3.29. The summed E-state index contributed by atoms with van der Waals surface area (Å²) >= 11 is 6.27. The van der Waals surface area contributed by atoms with Crippen LogP contribution in [-0.4, -0.2) is 40.8 Å². The van der Waals surface area contributed by atoms with E-state index in [0.717, 1.165) is 48.6 Å². The van der Waals surface area contributed by atoms with Crippen molar-refractivity contribution >= 4 is 17.2 Å². The van der Waals surface area contributed by atoms with Crippen molar-refractivity contribution in [2.75, 3.05) is 20.2 Å². The van der Waals surface area contributed by atoms with Gasteiger partial charge in [-0.1, -0.05) is 11.6 Å². The fourth-order valence-corrected chi connectivity index (χ4v) is 3.63. The van der Waals surface area contributed by atoms with Crippen LogP contribution >= 0.6 is 11.6 Å². The van der Waals surface area contributed by atoms with E-state index in [1.165, 1.54) is 0 Å². The van der Waals surface area contributed by atoms with Crippen LogP contribution in [0, 0.1) is 0 Å². The number of methoxy groups -OCH3 is 1. The van der Waals surface area contributed by atoms with E-state index < -0.39 is 0 Å². The zero-order chi connectivity index (χ0) is 18.8. The molecule has 142 valence electrons. The number of rotatable bonds is 5. The third-order valence-corrected chi connectivity index (χ3v) is 5.14. The van der Waals surface area contributed by atoms with E-state index in [9.17, 15) is 5.11 Å². The van der Waals surface area contributed by atoms with Gasteiger partial charge in [0, 0.05) is 24.0 Å². The topological polar surface area (TPSA) is 68.0 Å². The highest BCUT2D eigenvalue weighted by Gasteiger charge is 2.16. The number of aliphatic hydroxyl groups is 1. The minimum absolute atomic E-state index is 0.124. The van der Waals surface area contributed by atoms with Crippen LogP contribution in [-0.2, 0) is 6.61 Å². The minimum Gasteiger partial charge on any atom is -0.495 e. The first-order chi connectivity index (χ1) is 13.2. The van der Waals surface area contributed by atoms with E-state index in [4.69, 9.17) is 26.1 Å². The van der Waals surface area contributed by atoms with E-state index in [0.29, 0.717) is 16.3 Å². The first-order valence-electron chi connectivity index (χ1n) is 9.01. The lowest BCUT2D eigenvalue weighted by Gasteiger charge is -2.23. The van der Waals surface area contributed by atoms with Gasteiger partial charge in [-0.2, -0.15) is 0 Å². The molecule has 2 aromatic heterocycles. The zero-order valence-corrected chi connectivity index (χ0v) is 15.9. The van der Waals surface area contributed by atoms with Crippen molar-refractivity contribution in [1.29, 1.82) is 0 Å². The van der Waals surface area contributed by atoms with E-state index in [-0.39, 0.29) is 12.7 Å². The SMILES string of the molecule is COc1cc(CO)c(-c2cn3ccc(OC4CCNCC4)cc3n2)cc1Cl. The Morgan fingerprint density at radius 1 is 1.30 bits per heavy atom. The van der Waals surface area contributed by atoms with E-state index >= 15 is 0 Å². The van der Waals surface area contributed by atoms with Gasteiger partial charge in [0.2, 0.25) is 0 Å². The van der Waals surface area contributed by atoms with Crippen LogP contribution in [0.2, 0.25) is 5.02 Å². The number of aliphatic hydroxyl groups excluding tert-OH is 1. The Hall–Kier alpha value is -2.28. The third kappa shape index (κ3) is 3.74. The first kappa shape index (κ1) is 18.1. The quantitative estimate of drug-likeness (QED) is 0.703. The van der Waals surface area contributed by atoms with E-state index in [2.05, 4.69) is 5.32 Å². The summed E-state index contributed by atoms with van der Waals surface area (Å²) in [6.45, 7) is 1.85. The number of hydrogen-bond acceptors (Lipinski definition) is 5. The minimum atomic E-state index is -0.124. The van der Waals surface area contributed by atoms with Gasteiger partial charge in [-0.05, 0) is 49.7 Å². The van der Waals surface area contributed by atoms with Crippen LogP contribution in [0.15, 0.2) is 36.7 Å². The van der Waals surface area contributed by atoms with Crippen molar-refractivity contribution in [3.8, 4) is 22.8 Å². The average Bonchev–Trinajstić information content (AvgIpc) is 3.11. The maximum absolute atomic E-state index is 9.73. The van der Waals surface area contributed by atoms with Gasteiger partial charge < -0.3 is 24.3 Å². The molecule has 4 rings (SSSR count). The van der Waals surface area contributed by atoms with Gasteiger partial charge in [0.05, 0.1) is 24.4 Å². The standard InChI is InChI=1S/C20H22ClN3O3/c1-26-19-8-13(12-25)16(10-17(19)21)18-11-24-7-4-15(9-20(24)23-18)27-14-2-5-22-6-3-14/h4,7-11,14,22,25H,2-3,5-6,12H2,1H3. The predicted molar refractivity (Wildman–Crippen MR) is 105 cm³/mol. The number of pyridine rings is 1. The lowest BCUT2D eigenvalue weighted by Crippen LogP contribution is -2.34. The number of hydrogen-bond donors (Lipinski definition) is 2. The highest BCUT2D eigenvalue weighted by molar-refractivity contribution is 6.32. The summed E-state index contributed by atoms with van der Waals surface area (Å²) in [6, 6.07) is 7.41. The van der Waals surface area contributed by atoms with E-state index in [1.54, 1.807) is 19.2 Å². The molecule has 2 N–H and O–H groups in total. The van der Waals surface area contributed by atoms with Crippen LogP contribution in [0.3, 0.4) is 0 Å². The molecule has 6 nitrogen and oxygen atoms in total. The van der Waals surface area contributed by atoms with Gasteiger partial charge >= 0.3 is 0 Å². The summed E-state index contributed by atoms with van der Waals surface area (Å²) in [4.78, 5) is 4.70. The Bertz CT molecular complexity index is 951. The molecule has 3 aromatic rings. The number of nitrogens with zero attached hydrogens (tertiary/aromatic N) is 2. The molecule has 0 saturated carbocycles. The molecule has 1 saturated heterocycles. The van der Waals surface area contributed by atoms with Crippen molar-refractivity contribution in [2.24, 2.45) is 0 Å². The Labute approximate surface area is 162 Å². The normalized spacial score (nSPS) is 15.2. The summed E-state index contributed by atoms with van der Waals surface area (Å²) in [5.74, 6) is 1.35. The van der Waals surface area contributed by atoms with Crippen LogP contribution in [0.5, 0.6) is 11.5 Å². The first-order valence-corrected chi connectivity index (χ1v) is 9.39. The molecule has 1 aromatic carbocycles. The van der Waals surface area contributed by atoms with Gasteiger partial charge in [-0.25, -0.2) is 4.98 Å². The van der Waals surface area contributed by atoms with Crippen molar-refractivity contribution in [1.82, 2.24) is 14.7 Å². The Morgan fingerprint density at radius 3 is 2.85 bits per heavy atom. The monoisotopic (exact) mass is 387 g/mol. The highest BCUT2D eigenvalue weighted by Crippen LogP contribution is 2.34. The number of aromatic nitrogens is 2. The summed E-state index contributed by atoms with van der Waals surface area (Å²) in [6.07, 6.45) is 6.11. The lowest BCUT2D eigenvalue weighted by molar-refractivity contribution is 0.162.